The summed E-state index contributed by atoms with van der Waals surface area (Å²) in [5.74, 6) is 0. The zero-order chi connectivity index (χ0) is 10.0. The molecule has 0 aliphatic carbocycles. The maximum Gasteiger partial charge on any atom is 0.186 e. The third-order valence-electron chi connectivity index (χ3n) is 2.05. The Hall–Kier alpha value is 0.280. The van der Waals surface area contributed by atoms with E-state index in [2.05, 4.69) is 15.9 Å². The fraction of sp³-hybridized carbons (Fsp3) is 1.00. The van der Waals surface area contributed by atoms with Crippen LogP contribution in [0.15, 0.2) is 0 Å². The maximum absolute atomic E-state index is 9.40. The molecule has 5 atom stereocenters. The van der Waals surface area contributed by atoms with E-state index in [4.69, 9.17) is 9.47 Å². The number of aliphatic hydroxyl groups excluding tert-OH is 3. The van der Waals surface area contributed by atoms with E-state index < -0.39 is 30.7 Å². The van der Waals surface area contributed by atoms with Crippen LogP contribution in [-0.2, 0) is 9.47 Å². The topological polar surface area (TPSA) is 79.2 Å². The van der Waals surface area contributed by atoms with Crippen LogP contribution in [0, 0.1) is 0 Å². The molecule has 6 heteroatoms. The lowest BCUT2D eigenvalue weighted by Crippen LogP contribution is -2.58. The summed E-state index contributed by atoms with van der Waals surface area (Å²) in [4.78, 5) is 0. The van der Waals surface area contributed by atoms with Gasteiger partial charge in [0, 0.05) is 12.4 Å². The first-order valence-electron chi connectivity index (χ1n) is 3.90. The highest BCUT2D eigenvalue weighted by atomic mass is 79.9. The molecule has 13 heavy (non-hydrogen) atoms. The molecule has 0 saturated carbocycles. The Morgan fingerprint density at radius 1 is 1.23 bits per heavy atom. The second kappa shape index (κ2) is 4.68. The second-order valence-electron chi connectivity index (χ2n) is 2.90. The number of hydrogen-bond acceptors (Lipinski definition) is 5. The van der Waals surface area contributed by atoms with E-state index in [1.54, 1.807) is 0 Å². The Balaban J connectivity index is 2.66. The number of alkyl halides is 1. The van der Waals surface area contributed by atoms with Crippen LogP contribution in [0.4, 0.5) is 0 Å². The third kappa shape index (κ3) is 2.20. The average Bonchev–Trinajstić information content (AvgIpc) is 2.15. The predicted molar refractivity (Wildman–Crippen MR) is 47.5 cm³/mol. The van der Waals surface area contributed by atoms with Crippen molar-refractivity contribution in [2.45, 2.75) is 30.7 Å². The summed E-state index contributed by atoms with van der Waals surface area (Å²) in [5, 5.41) is 28.5. The Labute approximate surface area is 84.4 Å². The molecule has 5 nitrogen and oxygen atoms in total. The minimum Gasteiger partial charge on any atom is -0.388 e. The lowest BCUT2D eigenvalue weighted by atomic mass is 10.0. The van der Waals surface area contributed by atoms with E-state index in [-0.39, 0.29) is 0 Å². The molecule has 0 spiro atoms. The number of methoxy groups -OCH3 is 1. The fourth-order valence-corrected chi connectivity index (χ4v) is 1.77. The zero-order valence-electron chi connectivity index (χ0n) is 7.13. The molecule has 1 fully saturated rings. The van der Waals surface area contributed by atoms with E-state index in [0.29, 0.717) is 5.33 Å². The minimum absolute atomic E-state index is 0.373. The highest BCUT2D eigenvalue weighted by Crippen LogP contribution is 2.22. The number of aliphatic hydroxyl groups is 3. The fourth-order valence-electron chi connectivity index (χ4n) is 1.24. The first-order chi connectivity index (χ1) is 6.11. The van der Waals surface area contributed by atoms with Crippen molar-refractivity contribution in [3.63, 3.8) is 0 Å². The molecular weight excluding hydrogens is 244 g/mol. The largest absolute Gasteiger partial charge is 0.388 e. The summed E-state index contributed by atoms with van der Waals surface area (Å²) in [6.07, 6.45) is -5.00. The van der Waals surface area contributed by atoms with Gasteiger partial charge in [0.05, 0.1) is 6.10 Å². The molecule has 1 saturated heterocycles. The minimum atomic E-state index is -1.23. The van der Waals surface area contributed by atoms with Gasteiger partial charge in [-0.3, -0.25) is 0 Å². The van der Waals surface area contributed by atoms with Crippen LogP contribution in [0.3, 0.4) is 0 Å². The monoisotopic (exact) mass is 256 g/mol. The van der Waals surface area contributed by atoms with Gasteiger partial charge < -0.3 is 24.8 Å². The lowest BCUT2D eigenvalue weighted by Gasteiger charge is -2.39. The average molecular weight is 257 g/mol. The zero-order valence-corrected chi connectivity index (χ0v) is 8.72. The molecular formula is C7H13BrO5. The van der Waals surface area contributed by atoms with Crippen molar-refractivity contribution in [1.82, 2.24) is 0 Å². The van der Waals surface area contributed by atoms with E-state index in [9.17, 15) is 15.3 Å². The second-order valence-corrected chi connectivity index (χ2v) is 3.55. The highest BCUT2D eigenvalue weighted by Gasteiger charge is 2.43. The highest BCUT2D eigenvalue weighted by molar-refractivity contribution is 9.09. The van der Waals surface area contributed by atoms with Crippen LogP contribution < -0.4 is 0 Å². The van der Waals surface area contributed by atoms with Crippen molar-refractivity contribution in [3.8, 4) is 0 Å². The quantitative estimate of drug-likeness (QED) is 0.543. The Morgan fingerprint density at radius 3 is 2.31 bits per heavy atom. The SMILES string of the molecule is COC1OC(CBr)[C@@H](O)[C@H](O)[C@H]1O. The first-order valence-corrected chi connectivity index (χ1v) is 5.02. The molecule has 1 rings (SSSR count). The molecule has 2 unspecified atom stereocenters. The summed E-state index contributed by atoms with van der Waals surface area (Å²) >= 11 is 3.12. The van der Waals surface area contributed by atoms with Crippen LogP contribution in [-0.4, -0.2) is 58.5 Å². The van der Waals surface area contributed by atoms with Crippen molar-refractivity contribution in [2.24, 2.45) is 0 Å². The van der Waals surface area contributed by atoms with Gasteiger partial charge in [-0.15, -0.1) is 0 Å². The van der Waals surface area contributed by atoms with Gasteiger partial charge in [-0.05, 0) is 0 Å². The molecule has 0 aromatic carbocycles. The maximum atomic E-state index is 9.40. The van der Waals surface area contributed by atoms with Gasteiger partial charge in [0.15, 0.2) is 6.29 Å². The smallest absolute Gasteiger partial charge is 0.186 e. The van der Waals surface area contributed by atoms with Crippen molar-refractivity contribution in [3.05, 3.63) is 0 Å². The van der Waals surface area contributed by atoms with Gasteiger partial charge in [-0.25, -0.2) is 0 Å². The number of ether oxygens (including phenoxy) is 2. The molecule has 0 amide bonds. The van der Waals surface area contributed by atoms with E-state index >= 15 is 0 Å². The molecule has 0 bridgehead atoms. The van der Waals surface area contributed by atoms with Gasteiger partial charge in [0.2, 0.25) is 0 Å². The number of hydrogen-bond donors (Lipinski definition) is 3. The van der Waals surface area contributed by atoms with Gasteiger partial charge >= 0.3 is 0 Å². The summed E-state index contributed by atoms with van der Waals surface area (Å²) in [7, 11) is 1.36. The predicted octanol–water partition coefficient (Wildman–Crippen LogP) is -1.16. The van der Waals surface area contributed by atoms with Gasteiger partial charge in [-0.2, -0.15) is 0 Å². The molecule has 0 aromatic rings. The molecule has 1 aliphatic heterocycles. The lowest BCUT2D eigenvalue weighted by molar-refractivity contribution is -0.284. The van der Waals surface area contributed by atoms with Crippen molar-refractivity contribution in [1.29, 1.82) is 0 Å². The van der Waals surface area contributed by atoms with Crippen LogP contribution in [0.25, 0.3) is 0 Å². The number of rotatable bonds is 2. The van der Waals surface area contributed by atoms with E-state index in [0.717, 1.165) is 0 Å². The van der Waals surface area contributed by atoms with Crippen molar-refractivity contribution >= 4 is 15.9 Å². The molecule has 78 valence electrons. The van der Waals surface area contributed by atoms with Crippen LogP contribution in [0.5, 0.6) is 0 Å². The van der Waals surface area contributed by atoms with Crippen LogP contribution in [0.2, 0.25) is 0 Å². The normalized spacial score (nSPS) is 46.4. The molecule has 3 N–H and O–H groups in total. The molecule has 1 aliphatic rings. The van der Waals surface area contributed by atoms with Crippen molar-refractivity contribution < 1.29 is 24.8 Å². The summed E-state index contributed by atoms with van der Waals surface area (Å²) in [5.41, 5.74) is 0. The summed E-state index contributed by atoms with van der Waals surface area (Å²) in [6.45, 7) is 0. The van der Waals surface area contributed by atoms with Gasteiger partial charge in [0.25, 0.3) is 0 Å². The molecule has 0 aromatic heterocycles. The first kappa shape index (κ1) is 11.4. The van der Waals surface area contributed by atoms with Gasteiger partial charge in [0.1, 0.15) is 18.3 Å². The Bertz CT molecular complexity index is 147. The Morgan fingerprint density at radius 2 is 1.85 bits per heavy atom. The molecule has 1 heterocycles. The summed E-state index contributed by atoms with van der Waals surface area (Å²) < 4.78 is 9.94. The van der Waals surface area contributed by atoms with Crippen molar-refractivity contribution in [2.75, 3.05) is 12.4 Å². The third-order valence-corrected chi connectivity index (χ3v) is 2.69. The standard InChI is InChI=1S/C7H13BrO5/c1-12-7-6(11)5(10)4(9)3(2-8)13-7/h3-7,9-11H,2H2,1H3/t3?,4-,5+,6-,7?/m1/s1. The van der Waals surface area contributed by atoms with E-state index in [1.165, 1.54) is 7.11 Å². The molecule has 0 radical (unpaired) electrons. The Kier molecular flexibility index (Phi) is 4.08. The van der Waals surface area contributed by atoms with E-state index in [1.807, 2.05) is 0 Å². The van der Waals surface area contributed by atoms with Gasteiger partial charge in [-0.1, -0.05) is 15.9 Å². The number of halogens is 1. The van der Waals surface area contributed by atoms with Crippen LogP contribution in [0.1, 0.15) is 0 Å². The van der Waals surface area contributed by atoms with Crippen LogP contribution >= 0.6 is 15.9 Å². The summed E-state index contributed by atoms with van der Waals surface area (Å²) in [6, 6.07) is 0.